The summed E-state index contributed by atoms with van der Waals surface area (Å²) in [6, 6.07) is -0.873. The summed E-state index contributed by atoms with van der Waals surface area (Å²) < 4.78 is 0. The van der Waals surface area contributed by atoms with Crippen molar-refractivity contribution in [1.82, 2.24) is 20.4 Å². The topological polar surface area (TPSA) is 81.8 Å². The Morgan fingerprint density at radius 1 is 1.04 bits per heavy atom. The van der Waals surface area contributed by atoms with Crippen LogP contribution in [0.15, 0.2) is 0 Å². The molecule has 1 saturated carbocycles. The Balaban J connectivity index is 1.81. The second kappa shape index (κ2) is 9.01. The maximum absolute atomic E-state index is 12.5. The third kappa shape index (κ3) is 5.19. The van der Waals surface area contributed by atoms with Gasteiger partial charge >= 0.3 is 6.03 Å². The molecule has 24 heavy (non-hydrogen) atoms. The van der Waals surface area contributed by atoms with Gasteiger partial charge in [-0.25, -0.2) is 4.79 Å². The van der Waals surface area contributed by atoms with Gasteiger partial charge in [0, 0.05) is 39.6 Å². The summed E-state index contributed by atoms with van der Waals surface area (Å²) in [5.74, 6) is 0.514. The Bertz CT molecular complexity index is 463. The fraction of sp³-hybridized carbons (Fsp3) is 0.824. The zero-order valence-corrected chi connectivity index (χ0v) is 14.8. The maximum Gasteiger partial charge on any atom is 0.321 e. The number of hydrogen-bond donors (Lipinski definition) is 2. The smallest absolute Gasteiger partial charge is 0.321 e. The largest absolute Gasteiger partial charge is 0.341 e. The summed E-state index contributed by atoms with van der Waals surface area (Å²) in [7, 11) is 1.48. The summed E-state index contributed by atoms with van der Waals surface area (Å²) >= 11 is 0. The summed E-state index contributed by atoms with van der Waals surface area (Å²) in [5.41, 5.74) is 0. The van der Waals surface area contributed by atoms with Gasteiger partial charge in [0.25, 0.3) is 0 Å². The van der Waals surface area contributed by atoms with E-state index in [1.807, 2.05) is 9.80 Å². The molecule has 4 amide bonds. The van der Waals surface area contributed by atoms with Gasteiger partial charge in [-0.05, 0) is 32.1 Å². The number of urea groups is 1. The fourth-order valence-electron chi connectivity index (χ4n) is 3.61. The van der Waals surface area contributed by atoms with E-state index in [1.54, 1.807) is 6.92 Å². The van der Waals surface area contributed by atoms with E-state index in [4.69, 9.17) is 0 Å². The van der Waals surface area contributed by atoms with Gasteiger partial charge in [-0.15, -0.1) is 0 Å². The number of amides is 4. The molecule has 0 spiro atoms. The van der Waals surface area contributed by atoms with Crippen LogP contribution in [-0.4, -0.2) is 66.9 Å². The van der Waals surface area contributed by atoms with Crippen molar-refractivity contribution in [3.05, 3.63) is 0 Å². The van der Waals surface area contributed by atoms with E-state index in [-0.39, 0.29) is 17.9 Å². The molecular weight excluding hydrogens is 308 g/mol. The van der Waals surface area contributed by atoms with Crippen molar-refractivity contribution in [2.24, 2.45) is 5.92 Å². The number of carbonyl (C=O) groups excluding carboxylic acids is 3. The normalized spacial score (nSPS) is 21.2. The Labute approximate surface area is 144 Å². The molecule has 0 bridgehead atoms. The van der Waals surface area contributed by atoms with Crippen molar-refractivity contribution in [3.63, 3.8) is 0 Å². The van der Waals surface area contributed by atoms with E-state index in [0.717, 1.165) is 19.5 Å². The number of hydrogen-bond acceptors (Lipinski definition) is 4. The number of nitrogens with one attached hydrogen (secondary N) is 2. The van der Waals surface area contributed by atoms with E-state index in [9.17, 15) is 14.4 Å². The molecule has 2 aliphatic rings. The van der Waals surface area contributed by atoms with Crippen LogP contribution in [0.3, 0.4) is 0 Å². The Morgan fingerprint density at radius 2 is 1.75 bits per heavy atom. The third-order valence-electron chi connectivity index (χ3n) is 5.21. The summed E-state index contributed by atoms with van der Waals surface area (Å²) in [6.45, 7) is 4.64. The average molecular weight is 338 g/mol. The van der Waals surface area contributed by atoms with Crippen LogP contribution in [0.2, 0.25) is 0 Å². The second-order valence-corrected chi connectivity index (χ2v) is 6.87. The molecular formula is C17H30N4O3. The molecule has 0 aromatic carbocycles. The second-order valence-electron chi connectivity index (χ2n) is 6.87. The zero-order chi connectivity index (χ0) is 17.5. The van der Waals surface area contributed by atoms with Crippen molar-refractivity contribution >= 4 is 17.8 Å². The number of nitrogens with zero attached hydrogens (tertiary/aromatic N) is 2. The van der Waals surface area contributed by atoms with Crippen LogP contribution in [0, 0.1) is 5.92 Å². The van der Waals surface area contributed by atoms with Gasteiger partial charge in [-0.2, -0.15) is 0 Å². The minimum atomic E-state index is -0.491. The van der Waals surface area contributed by atoms with Crippen LogP contribution in [0.4, 0.5) is 4.79 Å². The minimum Gasteiger partial charge on any atom is -0.341 e. The van der Waals surface area contributed by atoms with E-state index >= 15 is 0 Å². The highest BCUT2D eigenvalue weighted by atomic mass is 16.2. The molecule has 1 aliphatic heterocycles. The Hall–Kier alpha value is -1.63. The van der Waals surface area contributed by atoms with E-state index in [0.29, 0.717) is 25.4 Å². The van der Waals surface area contributed by atoms with Gasteiger partial charge in [0.15, 0.2) is 0 Å². The highest BCUT2D eigenvalue weighted by Crippen LogP contribution is 2.28. The predicted octanol–water partition coefficient (Wildman–Crippen LogP) is 0.945. The summed E-state index contributed by atoms with van der Waals surface area (Å²) in [6.07, 6.45) is 6.40. The summed E-state index contributed by atoms with van der Waals surface area (Å²) in [4.78, 5) is 39.8. The van der Waals surface area contributed by atoms with Gasteiger partial charge in [-0.3, -0.25) is 19.8 Å². The van der Waals surface area contributed by atoms with Crippen LogP contribution < -0.4 is 10.6 Å². The van der Waals surface area contributed by atoms with Crippen LogP contribution >= 0.6 is 0 Å². The SMILES string of the molecule is CNC(=O)NC(=O)C(C)N1CCCN(C(=O)CC2CCCC2)CC1. The first-order valence-corrected chi connectivity index (χ1v) is 9.05. The quantitative estimate of drug-likeness (QED) is 0.799. The van der Waals surface area contributed by atoms with Crippen molar-refractivity contribution in [2.75, 3.05) is 33.2 Å². The minimum absolute atomic E-state index is 0.256. The van der Waals surface area contributed by atoms with Gasteiger partial charge in [-0.1, -0.05) is 12.8 Å². The molecule has 136 valence electrons. The monoisotopic (exact) mass is 338 g/mol. The van der Waals surface area contributed by atoms with E-state index < -0.39 is 6.03 Å². The molecule has 1 aliphatic carbocycles. The molecule has 2 rings (SSSR count). The first-order valence-electron chi connectivity index (χ1n) is 9.05. The first kappa shape index (κ1) is 18.7. The number of rotatable bonds is 4. The molecule has 1 saturated heterocycles. The van der Waals surface area contributed by atoms with Crippen molar-refractivity contribution in [2.45, 2.75) is 51.5 Å². The Kier molecular flexibility index (Phi) is 7.02. The van der Waals surface area contributed by atoms with Gasteiger partial charge in [0.2, 0.25) is 11.8 Å². The highest BCUT2D eigenvalue weighted by Gasteiger charge is 2.27. The lowest BCUT2D eigenvalue weighted by atomic mass is 10.0. The zero-order valence-electron chi connectivity index (χ0n) is 14.8. The van der Waals surface area contributed by atoms with Crippen LogP contribution in [-0.2, 0) is 9.59 Å². The molecule has 1 atom stereocenters. The molecule has 2 N–H and O–H groups in total. The van der Waals surface area contributed by atoms with E-state index in [1.165, 1.54) is 32.7 Å². The standard InChI is InChI=1S/C17H30N4O3/c1-13(16(23)19-17(24)18-2)20-8-5-9-21(11-10-20)15(22)12-14-6-3-4-7-14/h13-14H,3-12H2,1-2H3,(H2,18,19,23,24). The van der Waals surface area contributed by atoms with Gasteiger partial charge in [0.1, 0.15) is 0 Å². The number of imide groups is 1. The van der Waals surface area contributed by atoms with Gasteiger partial charge in [0.05, 0.1) is 6.04 Å². The molecule has 7 heteroatoms. The summed E-state index contributed by atoms with van der Waals surface area (Å²) in [5, 5.41) is 4.70. The molecule has 0 aromatic rings. The molecule has 1 heterocycles. The van der Waals surface area contributed by atoms with Gasteiger partial charge < -0.3 is 10.2 Å². The van der Waals surface area contributed by atoms with Crippen molar-refractivity contribution in [1.29, 1.82) is 0 Å². The first-order chi connectivity index (χ1) is 11.5. The van der Waals surface area contributed by atoms with Crippen LogP contribution in [0.25, 0.3) is 0 Å². The maximum atomic E-state index is 12.5. The molecule has 7 nitrogen and oxygen atoms in total. The molecule has 1 unspecified atom stereocenters. The molecule has 0 aromatic heterocycles. The average Bonchev–Trinajstić information content (AvgIpc) is 2.95. The Morgan fingerprint density at radius 3 is 2.42 bits per heavy atom. The lowest BCUT2D eigenvalue weighted by Gasteiger charge is -2.26. The van der Waals surface area contributed by atoms with E-state index in [2.05, 4.69) is 10.6 Å². The lowest BCUT2D eigenvalue weighted by molar-refractivity contribution is -0.132. The molecule has 2 fully saturated rings. The predicted molar refractivity (Wildman–Crippen MR) is 91.4 cm³/mol. The lowest BCUT2D eigenvalue weighted by Crippen LogP contribution is -2.50. The van der Waals surface area contributed by atoms with Crippen molar-refractivity contribution < 1.29 is 14.4 Å². The van der Waals surface area contributed by atoms with Crippen molar-refractivity contribution in [3.8, 4) is 0 Å². The van der Waals surface area contributed by atoms with Crippen LogP contribution in [0.5, 0.6) is 0 Å². The number of carbonyl (C=O) groups is 3. The highest BCUT2D eigenvalue weighted by molar-refractivity contribution is 5.96. The van der Waals surface area contributed by atoms with Crippen LogP contribution in [0.1, 0.15) is 45.4 Å². The third-order valence-corrected chi connectivity index (χ3v) is 5.21. The molecule has 0 radical (unpaired) electrons. The fourth-order valence-corrected chi connectivity index (χ4v) is 3.61.